The lowest BCUT2D eigenvalue weighted by Crippen LogP contribution is -2.22. The second-order valence-corrected chi connectivity index (χ2v) is 9.14. The molecule has 0 unspecified atom stereocenters. The van der Waals surface area contributed by atoms with Gasteiger partial charge in [0.15, 0.2) is 5.16 Å². The number of aromatic nitrogens is 4. The van der Waals surface area contributed by atoms with Crippen molar-refractivity contribution in [1.29, 1.82) is 0 Å². The van der Waals surface area contributed by atoms with E-state index < -0.39 is 0 Å². The molecule has 0 saturated carbocycles. The van der Waals surface area contributed by atoms with Crippen molar-refractivity contribution < 1.29 is 4.42 Å². The lowest BCUT2D eigenvalue weighted by Gasteiger charge is -2.12. The topological polar surface area (TPSA) is 73.8 Å². The summed E-state index contributed by atoms with van der Waals surface area (Å²) in [6.07, 6.45) is 1.71. The molecule has 0 aliphatic heterocycles. The summed E-state index contributed by atoms with van der Waals surface area (Å²) in [5.41, 5.74) is 1.83. The number of hydrogen-bond acceptors (Lipinski definition) is 7. The van der Waals surface area contributed by atoms with Crippen LogP contribution in [-0.2, 0) is 6.54 Å². The molecular weight excluding hydrogens is 404 g/mol. The molecule has 3 heterocycles. The Labute approximate surface area is 176 Å². The van der Waals surface area contributed by atoms with Gasteiger partial charge in [-0.05, 0) is 38.5 Å². The maximum absolute atomic E-state index is 13.1. The third-order valence-corrected chi connectivity index (χ3v) is 6.84. The van der Waals surface area contributed by atoms with E-state index in [1.165, 1.54) is 11.8 Å². The van der Waals surface area contributed by atoms with Gasteiger partial charge in [-0.25, -0.2) is 4.98 Å². The number of nitrogens with zero attached hydrogens (tertiary/aromatic N) is 4. The summed E-state index contributed by atoms with van der Waals surface area (Å²) >= 11 is 2.97. The predicted octanol–water partition coefficient (Wildman–Crippen LogP) is 5.16. The minimum absolute atomic E-state index is 0.0399. The van der Waals surface area contributed by atoms with Gasteiger partial charge in [-0.3, -0.25) is 9.36 Å². The Morgan fingerprint density at radius 2 is 2.03 bits per heavy atom. The molecule has 29 heavy (non-hydrogen) atoms. The van der Waals surface area contributed by atoms with E-state index in [2.05, 4.69) is 16.8 Å². The molecule has 0 fully saturated rings. The Hall–Kier alpha value is -2.71. The molecule has 1 aromatic carbocycles. The molecule has 0 saturated heterocycles. The van der Waals surface area contributed by atoms with Crippen LogP contribution in [0.4, 0.5) is 0 Å². The van der Waals surface area contributed by atoms with Crippen molar-refractivity contribution in [3.8, 4) is 11.5 Å². The molecule has 6 nitrogen and oxygen atoms in total. The molecule has 1 atom stereocenters. The van der Waals surface area contributed by atoms with Crippen molar-refractivity contribution in [2.75, 3.05) is 0 Å². The Morgan fingerprint density at radius 3 is 2.76 bits per heavy atom. The first-order valence-corrected chi connectivity index (χ1v) is 10.9. The van der Waals surface area contributed by atoms with E-state index in [4.69, 9.17) is 9.40 Å². The highest BCUT2D eigenvalue weighted by Gasteiger charge is 2.21. The van der Waals surface area contributed by atoms with E-state index in [0.29, 0.717) is 28.9 Å². The second kappa shape index (κ2) is 7.96. The number of benzene rings is 1. The highest BCUT2D eigenvalue weighted by Crippen LogP contribution is 2.36. The predicted molar refractivity (Wildman–Crippen MR) is 118 cm³/mol. The van der Waals surface area contributed by atoms with Gasteiger partial charge in [-0.15, -0.1) is 28.1 Å². The number of thioether (sulfide) groups is 1. The van der Waals surface area contributed by atoms with Gasteiger partial charge in [0.25, 0.3) is 5.56 Å². The molecule has 8 heteroatoms. The summed E-state index contributed by atoms with van der Waals surface area (Å²) in [4.78, 5) is 19.7. The zero-order valence-corrected chi connectivity index (χ0v) is 18.0. The summed E-state index contributed by atoms with van der Waals surface area (Å²) in [6, 6.07) is 9.64. The fraction of sp³-hybridized carbons (Fsp3) is 0.238. The molecule has 0 aliphatic carbocycles. The zero-order chi connectivity index (χ0) is 20.5. The highest BCUT2D eigenvalue weighted by molar-refractivity contribution is 7.99. The maximum Gasteiger partial charge on any atom is 0.263 e. The van der Waals surface area contributed by atoms with Crippen molar-refractivity contribution in [3.05, 3.63) is 69.7 Å². The highest BCUT2D eigenvalue weighted by atomic mass is 32.2. The van der Waals surface area contributed by atoms with Gasteiger partial charge in [0.1, 0.15) is 4.83 Å². The fourth-order valence-electron chi connectivity index (χ4n) is 2.99. The first-order chi connectivity index (χ1) is 14.0. The quantitative estimate of drug-likeness (QED) is 0.242. The summed E-state index contributed by atoms with van der Waals surface area (Å²) < 4.78 is 7.53. The first kappa shape index (κ1) is 19.6. The monoisotopic (exact) mass is 424 g/mol. The molecule has 148 valence electrons. The average Bonchev–Trinajstić information content (AvgIpc) is 3.31. The van der Waals surface area contributed by atoms with E-state index in [1.54, 1.807) is 22.0 Å². The van der Waals surface area contributed by atoms with E-state index in [9.17, 15) is 4.79 Å². The third kappa shape index (κ3) is 3.65. The second-order valence-electron chi connectivity index (χ2n) is 6.63. The first-order valence-electron chi connectivity index (χ1n) is 9.16. The Morgan fingerprint density at radius 1 is 1.28 bits per heavy atom. The summed E-state index contributed by atoms with van der Waals surface area (Å²) in [5, 5.41) is 9.50. The van der Waals surface area contributed by atoms with Crippen molar-refractivity contribution in [2.24, 2.45) is 0 Å². The van der Waals surface area contributed by atoms with Gasteiger partial charge in [-0.2, -0.15) is 0 Å². The van der Waals surface area contributed by atoms with Crippen LogP contribution < -0.4 is 5.56 Å². The van der Waals surface area contributed by atoms with Gasteiger partial charge in [-0.1, -0.05) is 36.0 Å². The molecule has 0 N–H and O–H groups in total. The summed E-state index contributed by atoms with van der Waals surface area (Å²) in [7, 11) is 0. The van der Waals surface area contributed by atoms with Gasteiger partial charge in [0.2, 0.25) is 11.8 Å². The van der Waals surface area contributed by atoms with E-state index in [-0.39, 0.29) is 10.8 Å². The lowest BCUT2D eigenvalue weighted by atomic mass is 10.2. The van der Waals surface area contributed by atoms with Crippen LogP contribution in [0.25, 0.3) is 21.7 Å². The van der Waals surface area contributed by atoms with Crippen LogP contribution in [0.5, 0.6) is 0 Å². The van der Waals surface area contributed by atoms with E-state index in [1.807, 2.05) is 51.1 Å². The number of hydrogen-bond donors (Lipinski definition) is 0. The molecule has 0 aliphatic rings. The molecular formula is C21H20N4O2S2. The van der Waals surface area contributed by atoms with E-state index in [0.717, 1.165) is 20.8 Å². The van der Waals surface area contributed by atoms with Gasteiger partial charge >= 0.3 is 0 Å². The normalized spacial score (nSPS) is 12.4. The molecule has 4 aromatic rings. The van der Waals surface area contributed by atoms with Crippen LogP contribution in [0.3, 0.4) is 0 Å². The molecule has 0 amide bonds. The number of rotatable bonds is 6. The summed E-state index contributed by atoms with van der Waals surface area (Å²) in [6.45, 7) is 10.1. The van der Waals surface area contributed by atoms with Crippen molar-refractivity contribution in [3.63, 3.8) is 0 Å². The SMILES string of the molecule is C=CCn1c(S[C@@H](C)c2nnc(-c3ccccc3)o2)nc2sc(C)c(C)c2c1=O. The Bertz CT molecular complexity index is 1240. The largest absolute Gasteiger partial charge is 0.419 e. The average molecular weight is 425 g/mol. The smallest absolute Gasteiger partial charge is 0.263 e. The number of allylic oxidation sites excluding steroid dienone is 1. The minimum Gasteiger partial charge on any atom is -0.419 e. The molecule has 0 radical (unpaired) electrons. The van der Waals surface area contributed by atoms with E-state index >= 15 is 0 Å². The van der Waals surface area contributed by atoms with Crippen LogP contribution in [0.15, 0.2) is 57.4 Å². The van der Waals surface area contributed by atoms with Crippen LogP contribution in [0.2, 0.25) is 0 Å². The molecule has 3 aromatic heterocycles. The molecule has 0 bridgehead atoms. The van der Waals surface area contributed by atoms with Crippen molar-refractivity contribution in [1.82, 2.24) is 19.7 Å². The third-order valence-electron chi connectivity index (χ3n) is 4.66. The van der Waals surface area contributed by atoms with Gasteiger partial charge < -0.3 is 4.42 Å². The number of fused-ring (bicyclic) bond motifs is 1. The Kier molecular flexibility index (Phi) is 5.38. The van der Waals surface area contributed by atoms with Crippen molar-refractivity contribution >= 4 is 33.3 Å². The maximum atomic E-state index is 13.1. The Balaban J connectivity index is 1.70. The van der Waals surface area contributed by atoms with Crippen LogP contribution in [0, 0.1) is 13.8 Å². The standard InChI is InChI=1S/C21H20N4O2S2/c1-5-11-25-20(26)16-12(2)13(3)28-19(16)22-21(25)29-14(4)17-23-24-18(27-17)15-9-7-6-8-10-15/h5-10,14H,1,11H2,2-4H3/t14-/m0/s1. The lowest BCUT2D eigenvalue weighted by molar-refractivity contribution is 0.508. The number of thiophene rings is 1. The van der Waals surface area contributed by atoms with Gasteiger partial charge in [0, 0.05) is 17.0 Å². The molecule has 4 rings (SSSR count). The fourth-order valence-corrected chi connectivity index (χ4v) is 5.01. The summed E-state index contributed by atoms with van der Waals surface area (Å²) in [5.74, 6) is 0.969. The van der Waals surface area contributed by atoms with Crippen LogP contribution in [0.1, 0.15) is 28.5 Å². The van der Waals surface area contributed by atoms with Crippen LogP contribution >= 0.6 is 23.1 Å². The number of aryl methyl sites for hydroxylation is 2. The molecule has 0 spiro atoms. The van der Waals surface area contributed by atoms with Crippen LogP contribution in [-0.4, -0.2) is 19.7 Å². The zero-order valence-electron chi connectivity index (χ0n) is 16.4. The minimum atomic E-state index is -0.164. The van der Waals surface area contributed by atoms with Gasteiger partial charge in [0.05, 0.1) is 10.6 Å². The van der Waals surface area contributed by atoms with Crippen molar-refractivity contribution in [2.45, 2.75) is 37.7 Å².